The molecule has 0 amide bonds. The number of halogens is 2. The summed E-state index contributed by atoms with van der Waals surface area (Å²) in [5.74, 6) is -0.258. The van der Waals surface area contributed by atoms with Crippen LogP contribution < -0.4 is 4.74 Å². The molecule has 26 heavy (non-hydrogen) atoms. The summed E-state index contributed by atoms with van der Waals surface area (Å²) < 4.78 is 32.6. The van der Waals surface area contributed by atoms with Gasteiger partial charge >= 0.3 is 0 Å². The minimum Gasteiger partial charge on any atom is -0.505 e. The van der Waals surface area contributed by atoms with Gasteiger partial charge in [-0.2, -0.15) is 8.78 Å². The fraction of sp³-hybridized carbons (Fsp3) is 0.636. The van der Waals surface area contributed by atoms with E-state index in [0.29, 0.717) is 12.5 Å². The minimum absolute atomic E-state index is 0.107. The molecule has 1 N–H and O–H groups in total. The minimum atomic E-state index is -1.24. The molecule has 0 radical (unpaired) electrons. The van der Waals surface area contributed by atoms with Crippen molar-refractivity contribution in [2.75, 3.05) is 6.61 Å². The Morgan fingerprint density at radius 3 is 2.19 bits per heavy atom. The summed E-state index contributed by atoms with van der Waals surface area (Å²) in [4.78, 5) is 0. The van der Waals surface area contributed by atoms with Crippen molar-refractivity contribution in [2.24, 2.45) is 23.7 Å². The summed E-state index contributed by atoms with van der Waals surface area (Å²) >= 11 is 0. The van der Waals surface area contributed by atoms with E-state index in [1.165, 1.54) is 44.6 Å². The van der Waals surface area contributed by atoms with Gasteiger partial charge in [0, 0.05) is 0 Å². The van der Waals surface area contributed by atoms with Crippen molar-refractivity contribution in [3.05, 3.63) is 35.9 Å². The molecule has 2 nitrogen and oxygen atoms in total. The van der Waals surface area contributed by atoms with Gasteiger partial charge in [0.2, 0.25) is 11.6 Å². The van der Waals surface area contributed by atoms with Gasteiger partial charge in [-0.25, -0.2) is 0 Å². The summed E-state index contributed by atoms with van der Waals surface area (Å²) in [6.45, 7) is 2.52. The molecule has 4 heteroatoms. The Morgan fingerprint density at radius 1 is 0.962 bits per heavy atom. The highest BCUT2D eigenvalue weighted by atomic mass is 19.2. The molecule has 0 heterocycles. The maximum atomic E-state index is 13.7. The van der Waals surface area contributed by atoms with Crippen LogP contribution in [-0.4, -0.2) is 11.7 Å². The van der Waals surface area contributed by atoms with Gasteiger partial charge in [0.25, 0.3) is 0 Å². The third-order valence-electron chi connectivity index (χ3n) is 6.34. The van der Waals surface area contributed by atoms with Gasteiger partial charge in [-0.15, -0.1) is 0 Å². The van der Waals surface area contributed by atoms with Gasteiger partial charge in [0.15, 0.2) is 11.5 Å². The predicted molar refractivity (Wildman–Crippen MR) is 99.2 cm³/mol. The maximum Gasteiger partial charge on any atom is 0.204 e. The van der Waals surface area contributed by atoms with Crippen molar-refractivity contribution < 1.29 is 18.6 Å². The molecule has 3 rings (SSSR count). The largest absolute Gasteiger partial charge is 0.505 e. The summed E-state index contributed by atoms with van der Waals surface area (Å²) in [5.41, 5.74) is 0. The molecule has 1 aromatic rings. The Kier molecular flexibility index (Phi) is 6.55. The fourth-order valence-electron chi connectivity index (χ4n) is 4.75. The van der Waals surface area contributed by atoms with Gasteiger partial charge < -0.3 is 9.84 Å². The van der Waals surface area contributed by atoms with Gasteiger partial charge in [-0.3, -0.25) is 0 Å². The molecule has 0 spiro atoms. The second-order valence-corrected chi connectivity index (χ2v) is 8.00. The number of hydrogen-bond donors (Lipinski definition) is 1. The highest BCUT2D eigenvalue weighted by Crippen LogP contribution is 2.41. The zero-order valence-electron chi connectivity index (χ0n) is 15.6. The molecule has 2 saturated carbocycles. The zero-order valence-corrected chi connectivity index (χ0v) is 15.6. The van der Waals surface area contributed by atoms with Crippen molar-refractivity contribution >= 4 is 0 Å². The van der Waals surface area contributed by atoms with Gasteiger partial charge in [-0.1, -0.05) is 12.2 Å². The summed E-state index contributed by atoms with van der Waals surface area (Å²) in [7, 11) is 0. The topological polar surface area (TPSA) is 29.5 Å². The van der Waals surface area contributed by atoms with Gasteiger partial charge in [0.1, 0.15) is 0 Å². The van der Waals surface area contributed by atoms with Gasteiger partial charge in [-0.05, 0) is 94.1 Å². The van der Waals surface area contributed by atoms with E-state index in [-0.39, 0.29) is 5.75 Å². The monoisotopic (exact) mass is 364 g/mol. The van der Waals surface area contributed by atoms with E-state index in [1.54, 1.807) is 0 Å². The second kappa shape index (κ2) is 8.88. The molecule has 1 aromatic carbocycles. The number of benzene rings is 1. The zero-order chi connectivity index (χ0) is 18.5. The summed E-state index contributed by atoms with van der Waals surface area (Å²) in [6.07, 6.45) is 14.5. The van der Waals surface area contributed by atoms with Crippen molar-refractivity contribution in [1.29, 1.82) is 0 Å². The van der Waals surface area contributed by atoms with Crippen LogP contribution in [0.2, 0.25) is 0 Å². The standard InChI is InChI=1S/C22H30F2O2/c1-2-3-15-4-8-17(9-5-15)18-10-6-16(7-11-18)14-26-20-13-12-19(25)21(23)22(20)24/h2-3,12-13,15-18,25H,4-11,14H2,1H3/b3-2+. The Labute approximate surface area is 155 Å². The Hall–Kier alpha value is -1.58. The second-order valence-electron chi connectivity index (χ2n) is 8.00. The van der Waals surface area contributed by atoms with Crippen LogP contribution in [-0.2, 0) is 0 Å². The van der Waals surface area contributed by atoms with E-state index in [4.69, 9.17) is 9.84 Å². The third-order valence-corrected chi connectivity index (χ3v) is 6.34. The Balaban J connectivity index is 1.42. The van der Waals surface area contributed by atoms with Crippen LogP contribution in [0.25, 0.3) is 0 Å². The summed E-state index contributed by atoms with van der Waals surface area (Å²) in [5, 5.41) is 9.17. The first-order valence-corrected chi connectivity index (χ1v) is 10.0. The van der Waals surface area contributed by atoms with Crippen LogP contribution in [0, 0.1) is 35.3 Å². The molecule has 2 fully saturated rings. The van der Waals surface area contributed by atoms with Gasteiger partial charge in [0.05, 0.1) is 6.61 Å². The molecule has 0 bridgehead atoms. The van der Waals surface area contributed by atoms with Crippen LogP contribution in [0.5, 0.6) is 11.5 Å². The van der Waals surface area contributed by atoms with E-state index < -0.39 is 17.4 Å². The maximum absolute atomic E-state index is 13.7. The molecule has 2 aliphatic carbocycles. The van der Waals surface area contributed by atoms with Crippen molar-refractivity contribution in [3.63, 3.8) is 0 Å². The number of rotatable bonds is 5. The molecule has 2 aliphatic rings. The van der Waals surface area contributed by atoms with Crippen LogP contribution >= 0.6 is 0 Å². The third kappa shape index (κ3) is 4.57. The average molecular weight is 364 g/mol. The molecular weight excluding hydrogens is 334 g/mol. The SMILES string of the molecule is C/C=C/C1CCC(C2CCC(COc3ccc(O)c(F)c3F)CC2)CC1. The van der Waals surface area contributed by atoms with Crippen molar-refractivity contribution in [3.8, 4) is 11.5 Å². The Morgan fingerprint density at radius 2 is 1.58 bits per heavy atom. The highest BCUT2D eigenvalue weighted by Gasteiger charge is 2.30. The van der Waals surface area contributed by atoms with Crippen molar-refractivity contribution in [2.45, 2.75) is 58.3 Å². The number of phenolic OH excluding ortho intramolecular Hbond substituents is 1. The molecule has 0 aromatic heterocycles. The average Bonchev–Trinajstić information content (AvgIpc) is 2.67. The molecule has 0 saturated heterocycles. The molecule has 0 aliphatic heterocycles. The first kappa shape index (κ1) is 19.2. The van der Waals surface area contributed by atoms with E-state index in [9.17, 15) is 8.78 Å². The summed E-state index contributed by atoms with van der Waals surface area (Å²) in [6, 6.07) is 2.43. The highest BCUT2D eigenvalue weighted by molar-refractivity contribution is 5.33. The van der Waals surface area contributed by atoms with E-state index in [2.05, 4.69) is 19.1 Å². The lowest BCUT2D eigenvalue weighted by molar-refractivity contribution is 0.127. The lowest BCUT2D eigenvalue weighted by Crippen LogP contribution is -2.27. The predicted octanol–water partition coefficient (Wildman–Crippen LogP) is 6.24. The number of allylic oxidation sites excluding steroid dienone is 2. The molecule has 144 valence electrons. The quantitative estimate of drug-likeness (QED) is 0.627. The van der Waals surface area contributed by atoms with Crippen LogP contribution in [0.15, 0.2) is 24.3 Å². The number of aromatic hydroxyl groups is 1. The fourth-order valence-corrected chi connectivity index (χ4v) is 4.75. The van der Waals surface area contributed by atoms with Crippen LogP contribution in [0.1, 0.15) is 58.3 Å². The lowest BCUT2D eigenvalue weighted by atomic mass is 9.69. The number of ether oxygens (including phenoxy) is 1. The number of phenols is 1. The van der Waals surface area contributed by atoms with E-state index in [1.807, 2.05) is 0 Å². The van der Waals surface area contributed by atoms with Crippen LogP contribution in [0.3, 0.4) is 0 Å². The molecule has 0 atom stereocenters. The van der Waals surface area contributed by atoms with Crippen molar-refractivity contribution in [1.82, 2.24) is 0 Å². The first-order valence-electron chi connectivity index (χ1n) is 10.0. The first-order chi connectivity index (χ1) is 12.6. The molecule has 0 unspecified atom stereocenters. The normalized spacial score (nSPS) is 29.8. The van der Waals surface area contributed by atoms with Crippen LogP contribution in [0.4, 0.5) is 8.78 Å². The Bertz CT molecular complexity index is 613. The number of hydrogen-bond acceptors (Lipinski definition) is 2. The molecular formula is C22H30F2O2. The smallest absolute Gasteiger partial charge is 0.204 e. The lowest BCUT2D eigenvalue weighted by Gasteiger charge is -2.37. The van der Waals surface area contributed by atoms with E-state index >= 15 is 0 Å². The van der Waals surface area contributed by atoms with E-state index in [0.717, 1.165) is 36.7 Å².